The number of alkyl halides is 6. The number of benzene rings is 6. The number of ether oxygens (including phenoxy) is 3. The van der Waals surface area contributed by atoms with Gasteiger partial charge in [0.25, 0.3) is 0 Å². The Morgan fingerprint density at radius 3 is 1.32 bits per heavy atom. The third-order valence-electron chi connectivity index (χ3n) is 11.0. The lowest BCUT2D eigenvalue weighted by Crippen LogP contribution is -2.16. The van der Waals surface area contributed by atoms with Crippen LogP contribution in [0.5, 0.6) is 17.2 Å². The first-order valence-electron chi connectivity index (χ1n) is 23.2. The van der Waals surface area contributed by atoms with Crippen molar-refractivity contribution in [2.75, 3.05) is 16.0 Å². The number of nitrogens with one attached hydrogen (secondary N) is 3. The third kappa shape index (κ3) is 18.3. The topological polar surface area (TPSA) is 227 Å². The summed E-state index contributed by atoms with van der Waals surface area (Å²) >= 11 is 3.24. The predicted octanol–water partition coefficient (Wildman–Crippen LogP) is 13.2. The van der Waals surface area contributed by atoms with Gasteiger partial charge in [-0.05, 0) is 104 Å². The molecular weight excluding hydrogens is 1130 g/mol. The standard InChI is InChI=1S/C19H15F4NO4.C18H15F4NO4.C17H15BrFNO4/c20-12-4-3-11(15(7-12)19(21,22)23)9-28-13-5-6-16(14(8-13)18(26)27)24-17(25)10-1-2-10;1-2-16(24)23-15-6-5-12(8-13(15)17(25)26)27-9-10-3-4-11(7-14(10)19)18(20,21)22;1-2-16(21)20-15-6-5-12(8-13(15)17(22)23)24-9-10-3-4-11(19)7-14(10)18/h3-8,10H,1-2,9H2,(H,24,25)(H,26,27);3-8H,2,9H2,1H3,(H,23,24)(H,25,26);3-8H,2,9H2,1H3,(H,20,21)(H,22,23). The van der Waals surface area contributed by atoms with Crippen molar-refractivity contribution in [3.05, 3.63) is 176 Å². The summed E-state index contributed by atoms with van der Waals surface area (Å²) in [7, 11) is 0. The van der Waals surface area contributed by atoms with Crippen LogP contribution in [0.1, 0.15) is 98.4 Å². The van der Waals surface area contributed by atoms with Gasteiger partial charge in [0.2, 0.25) is 17.7 Å². The van der Waals surface area contributed by atoms with Gasteiger partial charge >= 0.3 is 30.3 Å². The maximum absolute atomic E-state index is 13.8. The van der Waals surface area contributed by atoms with E-state index >= 15 is 0 Å². The molecule has 7 rings (SSSR count). The third-order valence-corrected chi connectivity index (χ3v) is 11.8. The van der Waals surface area contributed by atoms with E-state index in [9.17, 15) is 83.6 Å². The fraction of sp³-hybridized carbons (Fsp3) is 0.222. The second kappa shape index (κ2) is 27.1. The molecular formula is C54H45BrF9N3O12. The molecule has 0 atom stereocenters. The van der Waals surface area contributed by atoms with Crippen molar-refractivity contribution >= 4 is 68.6 Å². The lowest BCUT2D eigenvalue weighted by atomic mass is 10.1. The van der Waals surface area contributed by atoms with Crippen LogP contribution in [0.2, 0.25) is 0 Å². The summed E-state index contributed by atoms with van der Waals surface area (Å²) in [6.07, 6.45) is -7.52. The zero-order chi connectivity index (χ0) is 58.4. The van der Waals surface area contributed by atoms with Gasteiger partial charge in [0, 0.05) is 39.9 Å². The van der Waals surface area contributed by atoms with Crippen molar-refractivity contribution in [2.45, 2.75) is 71.7 Å². The summed E-state index contributed by atoms with van der Waals surface area (Å²) < 4.78 is 133. The fourth-order valence-electron chi connectivity index (χ4n) is 6.66. The van der Waals surface area contributed by atoms with Crippen LogP contribution in [0.25, 0.3) is 0 Å². The normalized spacial score (nSPS) is 11.8. The van der Waals surface area contributed by atoms with E-state index in [1.165, 1.54) is 48.5 Å². The van der Waals surface area contributed by atoms with Crippen molar-refractivity contribution < 1.29 is 97.8 Å². The van der Waals surface area contributed by atoms with Crippen molar-refractivity contribution in [2.24, 2.45) is 5.92 Å². The van der Waals surface area contributed by atoms with Gasteiger partial charge in [0.1, 0.15) is 54.5 Å². The van der Waals surface area contributed by atoms with Crippen molar-refractivity contribution in [1.82, 2.24) is 0 Å². The number of carboxylic acids is 3. The van der Waals surface area contributed by atoms with Crippen LogP contribution in [-0.2, 0) is 46.6 Å². The van der Waals surface area contributed by atoms with E-state index in [2.05, 4.69) is 31.9 Å². The second-order valence-electron chi connectivity index (χ2n) is 16.8. The van der Waals surface area contributed by atoms with Gasteiger partial charge in [0.15, 0.2) is 0 Å². The first-order chi connectivity index (χ1) is 37.2. The summed E-state index contributed by atoms with van der Waals surface area (Å²) in [5, 5.41) is 35.3. The highest BCUT2D eigenvalue weighted by Crippen LogP contribution is 2.35. The van der Waals surface area contributed by atoms with Gasteiger partial charge in [-0.3, -0.25) is 14.4 Å². The smallest absolute Gasteiger partial charge is 0.416 e. The molecule has 418 valence electrons. The molecule has 25 heteroatoms. The highest BCUT2D eigenvalue weighted by Gasteiger charge is 2.35. The molecule has 6 aromatic carbocycles. The van der Waals surface area contributed by atoms with E-state index < -0.39 is 66.2 Å². The number of hydrogen-bond acceptors (Lipinski definition) is 9. The number of anilines is 3. The molecule has 79 heavy (non-hydrogen) atoms. The monoisotopic (exact) mass is 1180 g/mol. The zero-order valence-corrected chi connectivity index (χ0v) is 42.8. The summed E-state index contributed by atoms with van der Waals surface area (Å²) in [6, 6.07) is 20.4. The molecule has 3 amide bonds. The average molecular weight is 1180 g/mol. The lowest BCUT2D eigenvalue weighted by Gasteiger charge is -2.15. The zero-order valence-electron chi connectivity index (χ0n) is 41.2. The van der Waals surface area contributed by atoms with Crippen LogP contribution in [-0.4, -0.2) is 50.9 Å². The summed E-state index contributed by atoms with van der Waals surface area (Å²) in [5.41, 5.74) is -2.16. The molecule has 1 aliphatic rings. The molecule has 0 spiro atoms. The minimum absolute atomic E-state index is 0.000676. The predicted molar refractivity (Wildman–Crippen MR) is 269 cm³/mol. The number of carboxylic acid groups (broad SMARTS) is 3. The van der Waals surface area contributed by atoms with Gasteiger partial charge in [-0.2, -0.15) is 26.3 Å². The van der Waals surface area contributed by atoms with Crippen LogP contribution in [0, 0.1) is 23.4 Å². The first kappa shape index (κ1) is 61.2. The minimum atomic E-state index is -4.76. The highest BCUT2D eigenvalue weighted by atomic mass is 79.9. The molecule has 0 radical (unpaired) electrons. The second-order valence-corrected chi connectivity index (χ2v) is 17.7. The molecule has 0 unspecified atom stereocenters. The Labute approximate surface area is 451 Å². The van der Waals surface area contributed by atoms with Crippen LogP contribution in [0.4, 0.5) is 56.6 Å². The maximum Gasteiger partial charge on any atom is 0.416 e. The molecule has 1 saturated carbocycles. The number of aromatic carboxylic acids is 3. The Bertz CT molecular complexity index is 3240. The molecule has 6 aromatic rings. The number of amides is 3. The quantitative estimate of drug-likeness (QED) is 0.0442. The van der Waals surface area contributed by atoms with Crippen LogP contribution in [0.15, 0.2) is 114 Å². The van der Waals surface area contributed by atoms with Gasteiger partial charge in [-0.25, -0.2) is 27.6 Å². The number of hydrogen-bond donors (Lipinski definition) is 6. The SMILES string of the molecule is CCC(=O)Nc1ccc(OCc2ccc(C(F)(F)F)cc2F)cc1C(=O)O.CCC(=O)Nc1ccc(OCc2ccc(F)cc2Br)cc1C(=O)O.O=C(O)c1cc(OCc2ccc(F)cc2C(F)(F)F)ccc1NC(=O)C1CC1. The van der Waals surface area contributed by atoms with Gasteiger partial charge < -0.3 is 45.5 Å². The number of carbonyl (C=O) groups is 6. The van der Waals surface area contributed by atoms with E-state index in [0.29, 0.717) is 22.4 Å². The Morgan fingerprint density at radius 2 is 0.924 bits per heavy atom. The van der Waals surface area contributed by atoms with Crippen LogP contribution < -0.4 is 30.2 Å². The van der Waals surface area contributed by atoms with E-state index in [1.54, 1.807) is 26.0 Å². The van der Waals surface area contributed by atoms with Crippen molar-refractivity contribution in [3.63, 3.8) is 0 Å². The van der Waals surface area contributed by atoms with E-state index in [-0.39, 0.29) is 105 Å². The molecule has 0 aliphatic heterocycles. The van der Waals surface area contributed by atoms with Crippen LogP contribution >= 0.6 is 15.9 Å². The Balaban J connectivity index is 0.000000219. The molecule has 0 heterocycles. The molecule has 15 nitrogen and oxygen atoms in total. The minimum Gasteiger partial charge on any atom is -0.489 e. The van der Waals surface area contributed by atoms with Gasteiger partial charge in [-0.1, -0.05) is 48.0 Å². The summed E-state index contributed by atoms with van der Waals surface area (Å²) in [5.74, 6) is -6.96. The van der Waals surface area contributed by atoms with Crippen molar-refractivity contribution in [1.29, 1.82) is 0 Å². The van der Waals surface area contributed by atoms with E-state index in [4.69, 9.17) is 14.2 Å². The molecule has 0 bridgehead atoms. The Kier molecular flexibility index (Phi) is 21.0. The number of rotatable bonds is 18. The van der Waals surface area contributed by atoms with Crippen LogP contribution in [0.3, 0.4) is 0 Å². The molecule has 0 saturated heterocycles. The largest absolute Gasteiger partial charge is 0.489 e. The Hall–Kier alpha value is -8.61. The summed E-state index contributed by atoms with van der Waals surface area (Å²) in [4.78, 5) is 68.8. The molecule has 1 aliphatic carbocycles. The fourth-order valence-corrected chi connectivity index (χ4v) is 7.12. The Morgan fingerprint density at radius 1 is 0.519 bits per heavy atom. The molecule has 0 aromatic heterocycles. The highest BCUT2D eigenvalue weighted by molar-refractivity contribution is 9.10. The summed E-state index contributed by atoms with van der Waals surface area (Å²) in [6.45, 7) is 2.48. The van der Waals surface area contributed by atoms with Crippen molar-refractivity contribution in [3.8, 4) is 17.2 Å². The van der Waals surface area contributed by atoms with E-state index in [0.717, 1.165) is 54.8 Å². The average Bonchev–Trinajstić information content (AvgIpc) is 4.25. The number of halogens is 10. The van der Waals surface area contributed by atoms with Gasteiger partial charge in [0.05, 0.1) is 44.9 Å². The first-order valence-corrected chi connectivity index (χ1v) is 24.0. The molecule has 1 fully saturated rings. The lowest BCUT2D eigenvalue weighted by molar-refractivity contribution is -0.139. The maximum atomic E-state index is 13.8. The van der Waals surface area contributed by atoms with Gasteiger partial charge in [-0.15, -0.1) is 0 Å². The van der Waals surface area contributed by atoms with E-state index in [1.807, 2.05) is 0 Å². The molecule has 6 N–H and O–H groups in total. The number of carbonyl (C=O) groups excluding carboxylic acids is 3.